The lowest BCUT2D eigenvalue weighted by Crippen LogP contribution is -2.49. The fourth-order valence-electron chi connectivity index (χ4n) is 10.1. The monoisotopic (exact) mass is 1470 g/mol. The summed E-state index contributed by atoms with van der Waals surface area (Å²) >= 11 is 0. The average molecular weight is 1470 g/mol. The van der Waals surface area contributed by atoms with Gasteiger partial charge in [-0.25, -0.2) is 23.5 Å². The number of nitrogens with zero attached hydrogens (tertiary/aromatic N) is 8. The Kier molecular flexibility index (Phi) is 34.6. The Balaban J connectivity index is 0.000000705. The molecule has 578 valence electrons. The molecule has 28 nitrogen and oxygen atoms in total. The van der Waals surface area contributed by atoms with Gasteiger partial charge in [0.15, 0.2) is 28.2 Å². The molecule has 1 aliphatic rings. The third kappa shape index (κ3) is 25.9. The van der Waals surface area contributed by atoms with Crippen LogP contribution in [-0.4, -0.2) is 169 Å². The lowest BCUT2D eigenvalue weighted by Gasteiger charge is -2.37. The van der Waals surface area contributed by atoms with Crippen LogP contribution in [0.3, 0.4) is 0 Å². The Morgan fingerprint density at radius 2 is 1.07 bits per heavy atom. The molecule has 8 N–H and O–H groups in total. The number of aromatic amines is 1. The van der Waals surface area contributed by atoms with E-state index >= 15 is 0 Å². The number of ether oxygens (including phenoxy) is 5. The molecule has 5 aromatic carbocycles. The van der Waals surface area contributed by atoms with Gasteiger partial charge in [-0.05, 0) is 167 Å². The lowest BCUT2D eigenvalue weighted by atomic mass is 9.82. The van der Waals surface area contributed by atoms with E-state index < -0.39 is 111 Å². The number of nitrogens with one attached hydrogen (secondary N) is 2. The maximum atomic E-state index is 13.5. The van der Waals surface area contributed by atoms with Crippen molar-refractivity contribution in [1.82, 2.24) is 46.1 Å². The van der Waals surface area contributed by atoms with Crippen molar-refractivity contribution in [2.24, 2.45) is 10.8 Å². The van der Waals surface area contributed by atoms with Crippen molar-refractivity contribution in [1.29, 1.82) is 0 Å². The number of amides is 2. The van der Waals surface area contributed by atoms with E-state index in [4.69, 9.17) is 23.7 Å². The van der Waals surface area contributed by atoms with E-state index in [1.807, 2.05) is 116 Å². The van der Waals surface area contributed by atoms with Gasteiger partial charge >= 0.3 is 41.8 Å². The minimum absolute atomic E-state index is 0. The van der Waals surface area contributed by atoms with Gasteiger partial charge in [-0.2, -0.15) is 5.21 Å². The van der Waals surface area contributed by atoms with Gasteiger partial charge in [0.25, 0.3) is 0 Å². The molecule has 29 heteroatoms. The number of carboxylic acid groups (broad SMARTS) is 5. The molecule has 2 atom stereocenters. The number of urea groups is 1. The number of esters is 1. The Hall–Kier alpha value is -10.1. The molecular formula is C76H109FN10O18. The van der Waals surface area contributed by atoms with E-state index in [1.54, 1.807) is 113 Å². The van der Waals surface area contributed by atoms with E-state index in [-0.39, 0.29) is 78.8 Å². The highest BCUT2D eigenvalue weighted by molar-refractivity contribution is 5.99. The number of tetrazole rings is 2. The molecule has 8 rings (SSSR count). The molecule has 1 saturated heterocycles. The van der Waals surface area contributed by atoms with Gasteiger partial charge in [0.1, 0.15) is 0 Å². The first-order valence-corrected chi connectivity index (χ1v) is 32.3. The third-order valence-electron chi connectivity index (χ3n) is 15.3. The second-order valence-corrected chi connectivity index (χ2v) is 28.3. The fourth-order valence-corrected chi connectivity index (χ4v) is 10.1. The molecular weight excluding hydrogens is 1360 g/mol. The van der Waals surface area contributed by atoms with Crippen molar-refractivity contribution in [3.05, 3.63) is 167 Å². The number of halogens is 1. The number of aromatic hydroxyl groups is 1. The van der Waals surface area contributed by atoms with Crippen LogP contribution < -0.4 is 10.2 Å². The van der Waals surface area contributed by atoms with Crippen LogP contribution in [0.15, 0.2) is 127 Å². The molecule has 1 aliphatic heterocycles. The molecule has 0 saturated carbocycles. The molecule has 0 radical (unpaired) electrons. The lowest BCUT2D eigenvalue weighted by molar-refractivity contribution is -0.191. The van der Waals surface area contributed by atoms with Crippen molar-refractivity contribution in [3.8, 4) is 16.9 Å². The zero-order valence-corrected chi connectivity index (χ0v) is 59.6. The maximum Gasteiger partial charge on any atom is 0.344 e. The highest BCUT2D eigenvalue weighted by Gasteiger charge is 2.52. The number of rotatable bonds is 25. The van der Waals surface area contributed by atoms with E-state index in [0.717, 1.165) is 23.6 Å². The number of para-hydroxylation sites is 1. The predicted octanol–water partition coefficient (Wildman–Crippen LogP) is 12.8. The molecule has 0 aliphatic carbocycles. The summed E-state index contributed by atoms with van der Waals surface area (Å²) in [5, 5.41) is 86.9. The van der Waals surface area contributed by atoms with Crippen LogP contribution in [0.25, 0.3) is 11.1 Å². The van der Waals surface area contributed by atoms with Crippen molar-refractivity contribution >= 4 is 47.5 Å². The number of phenolic OH excluding ortho intramolecular Hbond substituents is 1. The highest BCUT2D eigenvalue weighted by atomic mass is 19.1. The van der Waals surface area contributed by atoms with Crippen molar-refractivity contribution in [2.45, 2.75) is 199 Å². The summed E-state index contributed by atoms with van der Waals surface area (Å²) in [6, 6.07) is 36.0. The van der Waals surface area contributed by atoms with Gasteiger partial charge in [0, 0.05) is 43.6 Å². The van der Waals surface area contributed by atoms with E-state index in [0.29, 0.717) is 35.5 Å². The zero-order chi connectivity index (χ0) is 75.5. The van der Waals surface area contributed by atoms with Crippen LogP contribution in [-0.2, 0) is 82.9 Å². The molecule has 2 unspecified atom stereocenters. The number of carboxylic acids is 5. The minimum Gasteiger partial charge on any atom is -0.504 e. The Labute approximate surface area is 615 Å². The van der Waals surface area contributed by atoms with Gasteiger partial charge in [-0.15, -0.1) is 15.3 Å². The van der Waals surface area contributed by atoms with Crippen LogP contribution in [0.2, 0.25) is 0 Å². The van der Waals surface area contributed by atoms with Crippen LogP contribution in [0.1, 0.15) is 180 Å². The van der Waals surface area contributed by atoms with Crippen LogP contribution in [0.5, 0.6) is 5.75 Å². The van der Waals surface area contributed by atoms with Gasteiger partial charge < -0.3 is 59.6 Å². The summed E-state index contributed by atoms with van der Waals surface area (Å²) in [6.45, 7) is 27.5. The molecule has 2 amide bonds. The summed E-state index contributed by atoms with van der Waals surface area (Å²) in [5.41, 5.74) is -5.06. The van der Waals surface area contributed by atoms with Gasteiger partial charge in [-0.1, -0.05) is 144 Å². The predicted molar refractivity (Wildman–Crippen MR) is 394 cm³/mol. The Morgan fingerprint density at radius 3 is 1.50 bits per heavy atom. The molecule has 0 spiro atoms. The normalized spacial score (nSPS) is 13.3. The quantitative estimate of drug-likeness (QED) is 0.0195. The number of aromatic nitrogens is 8. The molecule has 2 aromatic heterocycles. The maximum absolute atomic E-state index is 13.5. The van der Waals surface area contributed by atoms with E-state index in [1.165, 1.54) is 6.07 Å². The largest absolute Gasteiger partial charge is 0.504 e. The average Bonchev–Trinajstić information content (AvgIpc) is 1.67. The standard InChI is InChI=1S/C23H28N4O3.C21H23FO6.C19H26N2O6.C9H16N4O3.4CH4/c1-21(2,3)30-23(20(28)29,16-17-12-8-6-9-13-17)19-24-25-26-27(19)22(4,5)18-14-10-7-11-15-18;1-20(2,3)28-12-21(18(24)25,19(26)27)11-13-7-9-14(10-8-13)15-5-4-6-16(22)17(15)23;1-18(2,3)27-12-19(15(22)23,16(24)25)11-13-5-7-14(8-6-13)21-10-4-9-20-17(21)26;1-5-15-8(14)6(16-9(2,3)4)7-10-12-13-11-7;;;;/h6-15H,16H2,1-5H3,(H,28,29);4-10,23H,11-12H2,1-3H3,(H,24,25)(H,26,27);5-8H,4,9-12H2,1-3H3,(H,20,26)(H,22,23)(H,24,25);6H,5H2,1-4H3,(H,10,11,12,13);4*1H4. The number of benzene rings is 5. The smallest absolute Gasteiger partial charge is 0.344 e. The number of hydrogen-bond donors (Lipinski definition) is 8. The van der Waals surface area contributed by atoms with Crippen molar-refractivity contribution in [2.75, 3.05) is 37.8 Å². The summed E-state index contributed by atoms with van der Waals surface area (Å²) in [4.78, 5) is 85.2. The second kappa shape index (κ2) is 39.1. The Bertz CT molecular complexity index is 3860. The van der Waals surface area contributed by atoms with Crippen LogP contribution in [0, 0.1) is 16.6 Å². The van der Waals surface area contributed by atoms with E-state index in [9.17, 15) is 68.6 Å². The number of carbonyl (C=O) groups excluding carboxylic acids is 2. The number of hydrogen-bond acceptors (Lipinski definition) is 19. The second-order valence-electron chi connectivity index (χ2n) is 28.3. The first-order valence-electron chi connectivity index (χ1n) is 32.3. The molecule has 7 aromatic rings. The molecule has 105 heavy (non-hydrogen) atoms. The summed E-state index contributed by atoms with van der Waals surface area (Å²) in [7, 11) is 0. The molecule has 1 fully saturated rings. The number of carbonyl (C=O) groups is 7. The number of aliphatic carboxylic acids is 5. The van der Waals surface area contributed by atoms with Gasteiger partial charge in [0.2, 0.25) is 17.5 Å². The summed E-state index contributed by atoms with van der Waals surface area (Å²) < 4.78 is 42.7. The number of anilines is 1. The third-order valence-corrected chi connectivity index (χ3v) is 15.3. The number of H-pyrrole nitrogens is 1. The first kappa shape index (κ1) is 92.9. The molecule has 0 bridgehead atoms. The SMILES string of the molecule is C.C.C.C.CC(C)(C)OC(Cc1ccccc1)(C(=O)O)c1nnnn1C(C)(C)c1ccccc1.CC(C)(C)OCC(Cc1ccc(-c2cccc(F)c2O)cc1)(C(=O)O)C(=O)O.CC(C)(C)OCC(Cc1ccc(N2CCCNC2=O)cc1)(C(=O)O)C(=O)O.CCOC(=O)C(OC(C)(C)C)c1nn[nH]n1. The summed E-state index contributed by atoms with van der Waals surface area (Å²) in [5.74, 6) is -8.43. The van der Waals surface area contributed by atoms with E-state index in [2.05, 4.69) is 41.5 Å². The van der Waals surface area contributed by atoms with Crippen LogP contribution >= 0.6 is 0 Å². The molecule has 3 heterocycles. The van der Waals surface area contributed by atoms with Gasteiger partial charge in [-0.3, -0.25) is 24.1 Å². The fraction of sp³-hybridized carbons (Fsp3) is 0.487. The Morgan fingerprint density at radius 1 is 0.581 bits per heavy atom. The topological polar surface area (TPSA) is 400 Å². The first-order chi connectivity index (χ1) is 47.0. The van der Waals surface area contributed by atoms with Gasteiger partial charge in [0.05, 0.1) is 47.8 Å². The number of phenols is 1. The highest BCUT2D eigenvalue weighted by Crippen LogP contribution is 2.39. The van der Waals surface area contributed by atoms with Crippen LogP contribution in [0.4, 0.5) is 14.9 Å². The van der Waals surface area contributed by atoms with Crippen molar-refractivity contribution < 1.29 is 92.3 Å². The van der Waals surface area contributed by atoms with Crippen molar-refractivity contribution in [3.63, 3.8) is 0 Å². The minimum atomic E-state index is -2.14. The zero-order valence-electron chi connectivity index (χ0n) is 59.6. The summed E-state index contributed by atoms with van der Waals surface area (Å²) in [6.07, 6.45) is -0.535.